The fourth-order valence-electron chi connectivity index (χ4n) is 2.09. The van der Waals surface area contributed by atoms with Gasteiger partial charge in [0.2, 0.25) is 5.91 Å². The van der Waals surface area contributed by atoms with Crippen LogP contribution in [-0.2, 0) is 4.79 Å². The summed E-state index contributed by atoms with van der Waals surface area (Å²) in [6, 6.07) is 3.08. The number of unbranched alkanes of at least 4 members (excludes halogenated alkanes) is 1. The molecule has 2 aromatic heterocycles. The molecule has 23 heavy (non-hydrogen) atoms. The van der Waals surface area contributed by atoms with Crippen LogP contribution in [0, 0.1) is 0 Å². The molecule has 7 heteroatoms. The van der Waals surface area contributed by atoms with E-state index in [2.05, 4.69) is 10.3 Å². The molecule has 0 saturated heterocycles. The summed E-state index contributed by atoms with van der Waals surface area (Å²) in [4.78, 5) is 40.8. The second-order valence-corrected chi connectivity index (χ2v) is 5.35. The number of nitrogens with one attached hydrogen (secondary N) is 1. The third kappa shape index (κ3) is 3.56. The Labute approximate surface area is 133 Å². The molecule has 0 fully saturated rings. The minimum atomic E-state index is -0.274. The fourth-order valence-corrected chi connectivity index (χ4v) is 2.09. The van der Waals surface area contributed by atoms with Crippen molar-refractivity contribution in [2.24, 2.45) is 0 Å². The average molecular weight is 317 g/mol. The quantitative estimate of drug-likeness (QED) is 0.826. The van der Waals surface area contributed by atoms with Gasteiger partial charge in [-0.15, -0.1) is 0 Å². The monoisotopic (exact) mass is 317 g/mol. The standard InChI is InChI=1S/C16H19N3O4/c1-4-5-6-13(21)18-15-12(9-20)23-11-8-7-10(17-14(11)15)16(22)19(2)3/h7-9H,4-6H2,1-3H3,(H,18,21). The molecule has 0 unspecified atom stereocenters. The lowest BCUT2D eigenvalue weighted by molar-refractivity contribution is -0.116. The minimum Gasteiger partial charge on any atom is -0.449 e. The zero-order valence-electron chi connectivity index (χ0n) is 13.4. The molecule has 0 aliphatic heterocycles. The van der Waals surface area contributed by atoms with Gasteiger partial charge in [-0.1, -0.05) is 13.3 Å². The van der Waals surface area contributed by atoms with Crippen LogP contribution in [0.15, 0.2) is 16.5 Å². The summed E-state index contributed by atoms with van der Waals surface area (Å²) in [5, 5.41) is 2.66. The molecule has 0 bridgehead atoms. The summed E-state index contributed by atoms with van der Waals surface area (Å²) in [5.74, 6) is -0.500. The lowest BCUT2D eigenvalue weighted by atomic mass is 10.2. The van der Waals surface area contributed by atoms with Gasteiger partial charge in [0.25, 0.3) is 5.91 Å². The molecule has 0 atom stereocenters. The van der Waals surface area contributed by atoms with Gasteiger partial charge < -0.3 is 14.6 Å². The second-order valence-electron chi connectivity index (χ2n) is 5.35. The van der Waals surface area contributed by atoms with E-state index >= 15 is 0 Å². The molecule has 1 N–H and O–H groups in total. The number of aromatic nitrogens is 1. The summed E-state index contributed by atoms with van der Waals surface area (Å²) in [6.07, 6.45) is 2.50. The van der Waals surface area contributed by atoms with Crippen LogP contribution >= 0.6 is 0 Å². The van der Waals surface area contributed by atoms with E-state index in [9.17, 15) is 14.4 Å². The Morgan fingerprint density at radius 1 is 1.35 bits per heavy atom. The van der Waals surface area contributed by atoms with E-state index in [1.807, 2.05) is 6.92 Å². The number of nitrogens with zero attached hydrogens (tertiary/aromatic N) is 2. The van der Waals surface area contributed by atoms with E-state index in [4.69, 9.17) is 4.42 Å². The van der Waals surface area contributed by atoms with Crippen molar-refractivity contribution in [2.75, 3.05) is 19.4 Å². The van der Waals surface area contributed by atoms with Crippen molar-refractivity contribution in [1.82, 2.24) is 9.88 Å². The van der Waals surface area contributed by atoms with Crippen LogP contribution in [0.4, 0.5) is 5.69 Å². The molecular formula is C16H19N3O4. The van der Waals surface area contributed by atoms with Crippen molar-refractivity contribution in [3.05, 3.63) is 23.6 Å². The number of pyridine rings is 1. The lowest BCUT2D eigenvalue weighted by Crippen LogP contribution is -2.22. The second kappa shape index (κ2) is 7.04. The van der Waals surface area contributed by atoms with Crippen LogP contribution in [0.2, 0.25) is 0 Å². The van der Waals surface area contributed by atoms with Gasteiger partial charge in [-0.05, 0) is 18.6 Å². The highest BCUT2D eigenvalue weighted by molar-refractivity contribution is 6.06. The number of furan rings is 1. The van der Waals surface area contributed by atoms with Gasteiger partial charge in [0, 0.05) is 20.5 Å². The van der Waals surface area contributed by atoms with E-state index in [-0.39, 0.29) is 29.0 Å². The first-order valence-corrected chi connectivity index (χ1v) is 7.38. The smallest absolute Gasteiger partial charge is 0.271 e. The fraction of sp³-hybridized carbons (Fsp3) is 0.375. The molecule has 0 aromatic carbocycles. The summed E-state index contributed by atoms with van der Waals surface area (Å²) < 4.78 is 5.38. The van der Waals surface area contributed by atoms with Crippen molar-refractivity contribution >= 4 is 34.9 Å². The average Bonchev–Trinajstić information content (AvgIpc) is 2.89. The molecule has 2 amide bonds. The van der Waals surface area contributed by atoms with Gasteiger partial charge in [0.05, 0.1) is 0 Å². The van der Waals surface area contributed by atoms with Crippen molar-refractivity contribution in [1.29, 1.82) is 0 Å². The van der Waals surface area contributed by atoms with Gasteiger partial charge in [-0.2, -0.15) is 0 Å². The SMILES string of the molecule is CCCCC(=O)Nc1c(C=O)oc2ccc(C(=O)N(C)C)nc12. The zero-order chi connectivity index (χ0) is 17.0. The highest BCUT2D eigenvalue weighted by atomic mass is 16.3. The molecule has 122 valence electrons. The summed E-state index contributed by atoms with van der Waals surface area (Å²) in [5.41, 5.74) is 1.06. The summed E-state index contributed by atoms with van der Waals surface area (Å²) in [7, 11) is 3.24. The minimum absolute atomic E-state index is 0.00759. The van der Waals surface area contributed by atoms with Crippen molar-refractivity contribution in [3.63, 3.8) is 0 Å². The maximum absolute atomic E-state index is 12.0. The number of anilines is 1. The number of fused-ring (bicyclic) bond motifs is 1. The number of hydrogen-bond donors (Lipinski definition) is 1. The molecule has 2 aromatic rings. The Kier molecular flexibility index (Phi) is 5.10. The molecule has 2 rings (SSSR count). The first-order valence-electron chi connectivity index (χ1n) is 7.38. The molecule has 0 saturated carbocycles. The first-order chi connectivity index (χ1) is 11.0. The molecule has 0 spiro atoms. The van der Waals surface area contributed by atoms with Gasteiger partial charge in [0.1, 0.15) is 16.9 Å². The molecular weight excluding hydrogens is 298 g/mol. The molecule has 0 aliphatic rings. The Bertz CT molecular complexity index is 749. The maximum atomic E-state index is 12.0. The predicted molar refractivity (Wildman–Crippen MR) is 85.6 cm³/mol. The highest BCUT2D eigenvalue weighted by Crippen LogP contribution is 2.29. The van der Waals surface area contributed by atoms with Gasteiger partial charge >= 0.3 is 0 Å². The Balaban J connectivity index is 2.44. The first kappa shape index (κ1) is 16.7. The number of hydrogen-bond acceptors (Lipinski definition) is 5. The number of amides is 2. The van der Waals surface area contributed by atoms with E-state index < -0.39 is 0 Å². The molecule has 0 radical (unpaired) electrons. The van der Waals surface area contributed by atoms with Gasteiger partial charge in [-0.25, -0.2) is 4.98 Å². The largest absolute Gasteiger partial charge is 0.449 e. The number of rotatable bonds is 6. The van der Waals surface area contributed by atoms with E-state index in [0.717, 1.165) is 12.8 Å². The zero-order valence-corrected chi connectivity index (χ0v) is 13.4. The Hall–Kier alpha value is -2.70. The lowest BCUT2D eigenvalue weighted by Gasteiger charge is -2.09. The number of aldehydes is 1. The predicted octanol–water partition coefficient (Wildman–Crippen LogP) is 2.47. The Morgan fingerprint density at radius 2 is 2.09 bits per heavy atom. The molecule has 2 heterocycles. The number of carbonyl (C=O) groups excluding carboxylic acids is 3. The van der Waals surface area contributed by atoms with Crippen LogP contribution in [0.5, 0.6) is 0 Å². The summed E-state index contributed by atoms with van der Waals surface area (Å²) in [6.45, 7) is 1.98. The van der Waals surface area contributed by atoms with Gasteiger partial charge in [0.15, 0.2) is 17.6 Å². The molecule has 0 aliphatic carbocycles. The Morgan fingerprint density at radius 3 is 2.70 bits per heavy atom. The van der Waals surface area contributed by atoms with Crippen LogP contribution in [0.25, 0.3) is 11.1 Å². The maximum Gasteiger partial charge on any atom is 0.271 e. The van der Waals surface area contributed by atoms with Crippen LogP contribution in [0.3, 0.4) is 0 Å². The van der Waals surface area contributed by atoms with Crippen LogP contribution < -0.4 is 5.32 Å². The third-order valence-corrected chi connectivity index (χ3v) is 3.32. The highest BCUT2D eigenvalue weighted by Gasteiger charge is 2.19. The topological polar surface area (TPSA) is 92.5 Å². The van der Waals surface area contributed by atoms with Crippen molar-refractivity contribution in [3.8, 4) is 0 Å². The van der Waals surface area contributed by atoms with E-state index in [0.29, 0.717) is 23.8 Å². The third-order valence-electron chi connectivity index (χ3n) is 3.32. The van der Waals surface area contributed by atoms with Gasteiger partial charge in [-0.3, -0.25) is 14.4 Å². The van der Waals surface area contributed by atoms with E-state index in [1.165, 1.54) is 11.0 Å². The van der Waals surface area contributed by atoms with E-state index in [1.54, 1.807) is 20.2 Å². The van der Waals surface area contributed by atoms with Crippen molar-refractivity contribution in [2.45, 2.75) is 26.2 Å². The normalized spacial score (nSPS) is 10.6. The van der Waals surface area contributed by atoms with Crippen LogP contribution in [0.1, 0.15) is 47.2 Å². The molecule has 7 nitrogen and oxygen atoms in total. The number of carbonyl (C=O) groups is 3. The summed E-state index contributed by atoms with van der Waals surface area (Å²) >= 11 is 0. The van der Waals surface area contributed by atoms with Crippen LogP contribution in [-0.4, -0.2) is 42.1 Å². The van der Waals surface area contributed by atoms with Crippen molar-refractivity contribution < 1.29 is 18.8 Å².